The van der Waals surface area contributed by atoms with Gasteiger partial charge < -0.3 is 10.2 Å². The van der Waals surface area contributed by atoms with E-state index in [0.717, 1.165) is 11.4 Å². The summed E-state index contributed by atoms with van der Waals surface area (Å²) >= 11 is 0. The van der Waals surface area contributed by atoms with E-state index in [4.69, 9.17) is 0 Å². The standard InChI is InChI=1S/C22H26N2O/c1-3-20(25)24-19-12-8-7-11-18(19)21(15(2)22(24)16-13-14-16)23-17-9-5-4-6-10-17/h4-12,15-16,21-23H,3,13-14H2,1-2H3/t15-,21?,22-/m1/s1. The van der Waals surface area contributed by atoms with E-state index in [-0.39, 0.29) is 11.9 Å². The number of hydrogen-bond donors (Lipinski definition) is 1. The van der Waals surface area contributed by atoms with Gasteiger partial charge in [0.2, 0.25) is 5.91 Å². The third-order valence-electron chi connectivity index (χ3n) is 5.67. The van der Waals surface area contributed by atoms with Crippen molar-refractivity contribution in [2.24, 2.45) is 11.8 Å². The Morgan fingerprint density at radius 1 is 1.08 bits per heavy atom. The van der Waals surface area contributed by atoms with Crippen LogP contribution in [0.5, 0.6) is 0 Å². The number of anilines is 2. The van der Waals surface area contributed by atoms with Crippen LogP contribution >= 0.6 is 0 Å². The van der Waals surface area contributed by atoms with Gasteiger partial charge in [0.1, 0.15) is 0 Å². The SMILES string of the molecule is CCC(=O)N1c2ccccc2C(Nc2ccccc2)[C@@H](C)[C@@H]1C1CC1. The van der Waals surface area contributed by atoms with Gasteiger partial charge in [-0.05, 0) is 42.5 Å². The average molecular weight is 334 g/mol. The molecule has 1 saturated carbocycles. The first-order valence-corrected chi connectivity index (χ1v) is 9.43. The Morgan fingerprint density at radius 3 is 2.44 bits per heavy atom. The number of rotatable bonds is 4. The molecule has 1 fully saturated rings. The van der Waals surface area contributed by atoms with Crippen LogP contribution in [-0.2, 0) is 4.79 Å². The van der Waals surface area contributed by atoms with Crippen molar-refractivity contribution in [3.05, 3.63) is 60.2 Å². The van der Waals surface area contributed by atoms with Gasteiger partial charge in [-0.2, -0.15) is 0 Å². The van der Waals surface area contributed by atoms with E-state index < -0.39 is 0 Å². The maximum atomic E-state index is 12.8. The van der Waals surface area contributed by atoms with E-state index in [1.54, 1.807) is 0 Å². The highest BCUT2D eigenvalue weighted by molar-refractivity contribution is 5.95. The fourth-order valence-electron chi connectivity index (χ4n) is 4.32. The number of carbonyl (C=O) groups is 1. The van der Waals surface area contributed by atoms with Gasteiger partial charge in [0, 0.05) is 29.8 Å². The third kappa shape index (κ3) is 2.92. The van der Waals surface area contributed by atoms with Crippen LogP contribution in [0.25, 0.3) is 0 Å². The van der Waals surface area contributed by atoms with Crippen molar-refractivity contribution in [3.63, 3.8) is 0 Å². The molecule has 130 valence electrons. The highest BCUT2D eigenvalue weighted by atomic mass is 16.2. The molecule has 3 atom stereocenters. The van der Waals surface area contributed by atoms with Crippen LogP contribution in [0, 0.1) is 11.8 Å². The molecule has 1 heterocycles. The first kappa shape index (κ1) is 16.2. The molecule has 1 aliphatic heterocycles. The second-order valence-electron chi connectivity index (χ2n) is 7.35. The smallest absolute Gasteiger partial charge is 0.226 e. The Morgan fingerprint density at radius 2 is 1.76 bits per heavy atom. The summed E-state index contributed by atoms with van der Waals surface area (Å²) in [6, 6.07) is 19.3. The second kappa shape index (κ2) is 6.55. The van der Waals surface area contributed by atoms with Crippen LogP contribution < -0.4 is 10.2 Å². The van der Waals surface area contributed by atoms with E-state index in [0.29, 0.717) is 24.3 Å². The Balaban J connectivity index is 1.77. The fourth-order valence-corrected chi connectivity index (χ4v) is 4.32. The van der Waals surface area contributed by atoms with Gasteiger partial charge in [0.05, 0.1) is 6.04 Å². The maximum absolute atomic E-state index is 12.8. The second-order valence-corrected chi connectivity index (χ2v) is 7.35. The summed E-state index contributed by atoms with van der Waals surface area (Å²) in [5.41, 5.74) is 3.47. The van der Waals surface area contributed by atoms with Crippen LogP contribution in [0.4, 0.5) is 11.4 Å². The minimum atomic E-state index is 0.227. The van der Waals surface area contributed by atoms with E-state index in [1.165, 1.54) is 18.4 Å². The molecule has 1 aliphatic carbocycles. The van der Waals surface area contributed by atoms with E-state index in [1.807, 2.05) is 19.1 Å². The number of para-hydroxylation sites is 2. The molecule has 0 radical (unpaired) electrons. The lowest BCUT2D eigenvalue weighted by molar-refractivity contribution is -0.119. The zero-order valence-electron chi connectivity index (χ0n) is 15.0. The van der Waals surface area contributed by atoms with Gasteiger partial charge in [-0.25, -0.2) is 0 Å². The largest absolute Gasteiger partial charge is 0.378 e. The number of carbonyl (C=O) groups excluding carboxylic acids is 1. The Kier molecular flexibility index (Phi) is 4.24. The summed E-state index contributed by atoms with van der Waals surface area (Å²) in [5, 5.41) is 3.74. The third-order valence-corrected chi connectivity index (χ3v) is 5.67. The number of hydrogen-bond acceptors (Lipinski definition) is 2. The maximum Gasteiger partial charge on any atom is 0.226 e. The number of benzene rings is 2. The van der Waals surface area contributed by atoms with Crippen LogP contribution in [0.15, 0.2) is 54.6 Å². The fraction of sp³-hybridized carbons (Fsp3) is 0.409. The summed E-state index contributed by atoms with van der Waals surface area (Å²) in [6.07, 6.45) is 3.03. The van der Waals surface area contributed by atoms with Crippen molar-refractivity contribution in [2.45, 2.75) is 45.2 Å². The van der Waals surface area contributed by atoms with Gasteiger partial charge in [-0.15, -0.1) is 0 Å². The first-order valence-electron chi connectivity index (χ1n) is 9.43. The van der Waals surface area contributed by atoms with Crippen molar-refractivity contribution in [1.29, 1.82) is 0 Å². The van der Waals surface area contributed by atoms with Crippen LogP contribution in [0.2, 0.25) is 0 Å². The number of nitrogens with zero attached hydrogens (tertiary/aromatic N) is 1. The monoisotopic (exact) mass is 334 g/mol. The van der Waals surface area contributed by atoms with E-state index in [2.05, 4.69) is 59.6 Å². The number of amides is 1. The molecule has 1 unspecified atom stereocenters. The summed E-state index contributed by atoms with van der Waals surface area (Å²) < 4.78 is 0. The van der Waals surface area contributed by atoms with Crippen LogP contribution in [0.3, 0.4) is 0 Å². The molecule has 0 spiro atoms. The van der Waals surface area contributed by atoms with Gasteiger partial charge in [-0.3, -0.25) is 4.79 Å². The van der Waals surface area contributed by atoms with Gasteiger partial charge in [0.25, 0.3) is 0 Å². The number of fused-ring (bicyclic) bond motifs is 1. The molecule has 2 aliphatic rings. The zero-order chi connectivity index (χ0) is 17.4. The molecule has 0 bridgehead atoms. The Labute approximate surface area is 150 Å². The average Bonchev–Trinajstić information content (AvgIpc) is 3.48. The van der Waals surface area contributed by atoms with Crippen LogP contribution in [0.1, 0.15) is 44.7 Å². The molecule has 3 heteroatoms. The Hall–Kier alpha value is -2.29. The van der Waals surface area contributed by atoms with Crippen molar-refractivity contribution in [1.82, 2.24) is 0 Å². The molecule has 1 amide bonds. The topological polar surface area (TPSA) is 32.3 Å². The van der Waals surface area contributed by atoms with Crippen molar-refractivity contribution < 1.29 is 4.79 Å². The molecule has 0 saturated heterocycles. The molecule has 2 aromatic rings. The minimum Gasteiger partial charge on any atom is -0.378 e. The van der Waals surface area contributed by atoms with Crippen LogP contribution in [-0.4, -0.2) is 11.9 Å². The molecular formula is C22H26N2O. The molecule has 3 nitrogen and oxygen atoms in total. The van der Waals surface area contributed by atoms with Gasteiger partial charge in [-0.1, -0.05) is 50.2 Å². The zero-order valence-corrected chi connectivity index (χ0v) is 15.0. The molecule has 0 aromatic heterocycles. The summed E-state index contributed by atoms with van der Waals surface area (Å²) in [7, 11) is 0. The van der Waals surface area contributed by atoms with Crippen molar-refractivity contribution in [3.8, 4) is 0 Å². The van der Waals surface area contributed by atoms with Gasteiger partial charge in [0.15, 0.2) is 0 Å². The van der Waals surface area contributed by atoms with E-state index in [9.17, 15) is 4.79 Å². The first-order chi connectivity index (χ1) is 12.2. The molecule has 1 N–H and O–H groups in total. The molecule has 4 rings (SSSR count). The molecular weight excluding hydrogens is 308 g/mol. The van der Waals surface area contributed by atoms with Crippen molar-refractivity contribution >= 4 is 17.3 Å². The number of nitrogens with one attached hydrogen (secondary N) is 1. The van der Waals surface area contributed by atoms with Crippen molar-refractivity contribution in [2.75, 3.05) is 10.2 Å². The van der Waals surface area contributed by atoms with Gasteiger partial charge >= 0.3 is 0 Å². The predicted molar refractivity (Wildman–Crippen MR) is 103 cm³/mol. The predicted octanol–water partition coefficient (Wildman–Crippen LogP) is 5.01. The summed E-state index contributed by atoms with van der Waals surface area (Å²) in [6.45, 7) is 4.27. The normalized spacial score (nSPS) is 25.4. The van der Waals surface area contributed by atoms with E-state index >= 15 is 0 Å². The lowest BCUT2D eigenvalue weighted by Crippen LogP contribution is -2.51. The molecule has 2 aromatic carbocycles. The summed E-state index contributed by atoms with van der Waals surface area (Å²) in [5.74, 6) is 1.26. The lowest BCUT2D eigenvalue weighted by Gasteiger charge is -2.46. The molecule has 25 heavy (non-hydrogen) atoms. The minimum absolute atomic E-state index is 0.227. The highest BCUT2D eigenvalue weighted by Gasteiger charge is 2.47. The highest BCUT2D eigenvalue weighted by Crippen LogP contribution is 2.50. The Bertz CT molecular complexity index is 754. The lowest BCUT2D eigenvalue weighted by atomic mass is 9.79. The summed E-state index contributed by atoms with van der Waals surface area (Å²) in [4.78, 5) is 14.9. The quantitative estimate of drug-likeness (QED) is 0.852.